The average Bonchev–Trinajstić information content (AvgIpc) is 2.98. The molecule has 0 bridgehead atoms. The molecule has 1 aliphatic carbocycles. The fourth-order valence-electron chi connectivity index (χ4n) is 3.42. The van der Waals surface area contributed by atoms with E-state index in [0.717, 1.165) is 16.8 Å². The molecule has 3 aliphatic rings. The minimum absolute atomic E-state index is 0.0577. The summed E-state index contributed by atoms with van der Waals surface area (Å²) in [6.07, 6.45) is 4.43. The lowest BCUT2D eigenvalue weighted by molar-refractivity contribution is -0.132. The highest BCUT2D eigenvalue weighted by Gasteiger charge is 2.52. The number of nitrogens with one attached hydrogen (secondary N) is 2. The lowest BCUT2D eigenvalue weighted by Gasteiger charge is -2.21. The molecule has 0 aromatic carbocycles. The van der Waals surface area contributed by atoms with E-state index in [1.165, 1.54) is 0 Å². The summed E-state index contributed by atoms with van der Waals surface area (Å²) in [5.41, 5.74) is 2.45. The Balaban J connectivity index is 1.76. The highest BCUT2D eigenvalue weighted by molar-refractivity contribution is 6.06. The molecule has 0 saturated carbocycles. The fraction of sp³-hybridized carbons (Fsp3) is 0.267. The summed E-state index contributed by atoms with van der Waals surface area (Å²) < 4.78 is 0. The Hall–Kier alpha value is -2.63. The number of carboxylic acids is 1. The minimum Gasteiger partial charge on any atom is -0.478 e. The molecule has 3 heterocycles. The maximum Gasteiger partial charge on any atom is 0.333 e. The smallest absolute Gasteiger partial charge is 0.333 e. The fourth-order valence-corrected chi connectivity index (χ4v) is 3.42. The Kier molecular flexibility index (Phi) is 2.28. The van der Waals surface area contributed by atoms with Gasteiger partial charge in [0.1, 0.15) is 5.82 Å². The lowest BCUT2D eigenvalue weighted by Crippen LogP contribution is -2.33. The van der Waals surface area contributed by atoms with Gasteiger partial charge in [0, 0.05) is 30.4 Å². The first-order chi connectivity index (χ1) is 10.1. The first-order valence-electron chi connectivity index (χ1n) is 6.77. The van der Waals surface area contributed by atoms with Crippen LogP contribution < -0.4 is 10.6 Å². The summed E-state index contributed by atoms with van der Waals surface area (Å²) in [6.45, 7) is 0.297. The molecule has 1 amide bonds. The maximum atomic E-state index is 12.5. The van der Waals surface area contributed by atoms with Gasteiger partial charge >= 0.3 is 5.97 Å². The molecule has 1 aromatic heterocycles. The molecule has 6 nitrogen and oxygen atoms in total. The third kappa shape index (κ3) is 1.55. The first kappa shape index (κ1) is 12.1. The SMILES string of the molecule is O=C(O)C1=CC2=C(C[C@]3(C2)C(=O)Nc2ncccc23)NC1. The Bertz CT molecular complexity index is 750. The molecular formula is C15H13N3O3. The molecule has 1 spiro atoms. The number of dihydropyridines is 1. The molecule has 3 N–H and O–H groups in total. The normalized spacial score (nSPS) is 26.1. The average molecular weight is 283 g/mol. The third-order valence-corrected chi connectivity index (χ3v) is 4.46. The van der Waals surface area contributed by atoms with Crippen molar-refractivity contribution in [2.24, 2.45) is 0 Å². The van der Waals surface area contributed by atoms with Crippen molar-refractivity contribution in [3.8, 4) is 0 Å². The standard InChI is InChI=1S/C15H13N3O3/c19-13(20)9-4-8-5-15(6-11(8)17-7-9)10-2-1-3-16-12(10)18-14(15)21/h1-4,17H,5-7H2,(H,19,20)(H,16,18,21)/t15-/m0/s1. The van der Waals surface area contributed by atoms with Crippen molar-refractivity contribution in [2.75, 3.05) is 11.9 Å². The van der Waals surface area contributed by atoms with E-state index in [2.05, 4.69) is 15.6 Å². The maximum absolute atomic E-state index is 12.5. The quantitative estimate of drug-likeness (QED) is 0.713. The van der Waals surface area contributed by atoms with Gasteiger partial charge in [-0.15, -0.1) is 0 Å². The summed E-state index contributed by atoms with van der Waals surface area (Å²) in [4.78, 5) is 27.8. The van der Waals surface area contributed by atoms with E-state index in [-0.39, 0.29) is 5.91 Å². The first-order valence-corrected chi connectivity index (χ1v) is 6.77. The molecule has 21 heavy (non-hydrogen) atoms. The number of carboxylic acid groups (broad SMARTS) is 1. The van der Waals surface area contributed by atoms with Gasteiger partial charge in [0.15, 0.2) is 0 Å². The summed E-state index contributed by atoms with van der Waals surface area (Å²) in [5.74, 6) is -0.365. The predicted octanol–water partition coefficient (Wildman–Crippen LogP) is 0.934. The van der Waals surface area contributed by atoms with Crippen molar-refractivity contribution in [1.29, 1.82) is 0 Å². The van der Waals surface area contributed by atoms with Crippen LogP contribution in [0.4, 0.5) is 5.82 Å². The van der Waals surface area contributed by atoms with E-state index >= 15 is 0 Å². The number of rotatable bonds is 1. The van der Waals surface area contributed by atoms with Crippen LogP contribution in [0.3, 0.4) is 0 Å². The van der Waals surface area contributed by atoms with Gasteiger partial charge in [0.25, 0.3) is 0 Å². The van der Waals surface area contributed by atoms with E-state index in [9.17, 15) is 9.59 Å². The Morgan fingerprint density at radius 3 is 3.05 bits per heavy atom. The monoisotopic (exact) mass is 283 g/mol. The minimum atomic E-state index is -0.923. The summed E-state index contributed by atoms with van der Waals surface area (Å²) in [6, 6.07) is 3.74. The Morgan fingerprint density at radius 2 is 2.24 bits per heavy atom. The van der Waals surface area contributed by atoms with Crippen LogP contribution in [0.15, 0.2) is 41.2 Å². The molecule has 106 valence electrons. The van der Waals surface area contributed by atoms with Crippen LogP contribution in [0.25, 0.3) is 0 Å². The molecule has 0 saturated heterocycles. The van der Waals surface area contributed by atoms with E-state index in [1.54, 1.807) is 12.3 Å². The van der Waals surface area contributed by atoms with Crippen LogP contribution in [0, 0.1) is 0 Å². The number of carbonyl (C=O) groups is 2. The molecule has 0 radical (unpaired) electrons. The van der Waals surface area contributed by atoms with E-state index in [4.69, 9.17) is 5.11 Å². The van der Waals surface area contributed by atoms with Crippen molar-refractivity contribution < 1.29 is 14.7 Å². The lowest BCUT2D eigenvalue weighted by atomic mass is 9.79. The number of fused-ring (bicyclic) bond motifs is 2. The van der Waals surface area contributed by atoms with Crippen LogP contribution in [0.5, 0.6) is 0 Å². The number of pyridine rings is 1. The number of nitrogens with zero attached hydrogens (tertiary/aromatic N) is 1. The number of aromatic nitrogens is 1. The topological polar surface area (TPSA) is 91.3 Å². The second-order valence-corrected chi connectivity index (χ2v) is 5.62. The summed E-state index contributed by atoms with van der Waals surface area (Å²) in [5, 5.41) is 15.1. The molecule has 1 aromatic rings. The molecule has 1 atom stereocenters. The van der Waals surface area contributed by atoms with Crippen LogP contribution in [-0.4, -0.2) is 28.5 Å². The second-order valence-electron chi connectivity index (χ2n) is 5.62. The molecule has 0 fully saturated rings. The number of carbonyl (C=O) groups excluding carboxylic acids is 1. The molecule has 6 heteroatoms. The van der Waals surface area contributed by atoms with Gasteiger partial charge in [0.05, 0.1) is 11.0 Å². The number of allylic oxidation sites excluding steroid dienone is 3. The van der Waals surface area contributed by atoms with Crippen LogP contribution in [0.2, 0.25) is 0 Å². The van der Waals surface area contributed by atoms with Crippen molar-refractivity contribution in [1.82, 2.24) is 10.3 Å². The number of hydrogen-bond acceptors (Lipinski definition) is 4. The number of anilines is 1. The van der Waals surface area contributed by atoms with Gasteiger partial charge in [-0.2, -0.15) is 0 Å². The van der Waals surface area contributed by atoms with E-state index < -0.39 is 11.4 Å². The van der Waals surface area contributed by atoms with Gasteiger partial charge in [-0.05, 0) is 24.1 Å². The van der Waals surface area contributed by atoms with Crippen molar-refractivity contribution in [3.05, 3.63) is 46.8 Å². The largest absolute Gasteiger partial charge is 0.478 e. The van der Waals surface area contributed by atoms with Crippen LogP contribution >= 0.6 is 0 Å². The zero-order valence-electron chi connectivity index (χ0n) is 11.1. The van der Waals surface area contributed by atoms with E-state index in [1.807, 2.05) is 12.1 Å². The van der Waals surface area contributed by atoms with Crippen molar-refractivity contribution in [3.63, 3.8) is 0 Å². The van der Waals surface area contributed by atoms with Crippen molar-refractivity contribution in [2.45, 2.75) is 18.3 Å². The van der Waals surface area contributed by atoms with Gasteiger partial charge in [-0.25, -0.2) is 9.78 Å². The molecule has 0 unspecified atom stereocenters. The third-order valence-electron chi connectivity index (χ3n) is 4.46. The zero-order chi connectivity index (χ0) is 14.6. The molecule has 4 rings (SSSR count). The summed E-state index contributed by atoms with van der Waals surface area (Å²) >= 11 is 0. The van der Waals surface area contributed by atoms with Gasteiger partial charge < -0.3 is 15.7 Å². The Morgan fingerprint density at radius 1 is 1.38 bits per heavy atom. The highest BCUT2D eigenvalue weighted by Crippen LogP contribution is 2.50. The Labute approximate surface area is 120 Å². The predicted molar refractivity (Wildman–Crippen MR) is 74.5 cm³/mol. The number of amides is 1. The van der Waals surface area contributed by atoms with E-state index in [0.29, 0.717) is 30.8 Å². The van der Waals surface area contributed by atoms with Gasteiger partial charge in [-0.3, -0.25) is 4.79 Å². The molecular weight excluding hydrogens is 270 g/mol. The second kappa shape index (κ2) is 3.94. The van der Waals surface area contributed by atoms with Crippen LogP contribution in [0.1, 0.15) is 18.4 Å². The van der Waals surface area contributed by atoms with Gasteiger partial charge in [-0.1, -0.05) is 6.07 Å². The zero-order valence-corrected chi connectivity index (χ0v) is 11.1. The van der Waals surface area contributed by atoms with Crippen molar-refractivity contribution >= 4 is 17.7 Å². The van der Waals surface area contributed by atoms with Gasteiger partial charge in [0.2, 0.25) is 5.91 Å². The number of aliphatic carboxylic acids is 1. The van der Waals surface area contributed by atoms with Crippen LogP contribution in [-0.2, 0) is 15.0 Å². The molecule has 2 aliphatic heterocycles. The highest BCUT2D eigenvalue weighted by atomic mass is 16.4. The number of hydrogen-bond donors (Lipinski definition) is 3. The summed E-state index contributed by atoms with van der Waals surface area (Å²) in [7, 11) is 0.